The van der Waals surface area contributed by atoms with Gasteiger partial charge in [-0.05, 0) is 40.6 Å². The van der Waals surface area contributed by atoms with Crippen LogP contribution >= 0.6 is 21.6 Å². The number of nitrogens with one attached hydrogen (secondary N) is 1. The fraction of sp³-hybridized carbons (Fsp3) is 0.231. The predicted molar refractivity (Wildman–Crippen MR) is 133 cm³/mol. The molecule has 1 aliphatic carbocycles. The van der Waals surface area contributed by atoms with E-state index in [0.717, 1.165) is 33.0 Å². The number of aromatic nitrogens is 1. The van der Waals surface area contributed by atoms with Crippen molar-refractivity contribution in [3.8, 4) is 11.8 Å². The van der Waals surface area contributed by atoms with Gasteiger partial charge < -0.3 is 14.8 Å². The van der Waals surface area contributed by atoms with E-state index in [1.165, 1.54) is 0 Å². The molecule has 1 aliphatic rings. The average Bonchev–Trinajstić information content (AvgIpc) is 2.84. The van der Waals surface area contributed by atoms with Crippen molar-refractivity contribution >= 4 is 27.7 Å². The molecule has 0 bridgehead atoms. The maximum atomic E-state index is 12.5. The summed E-state index contributed by atoms with van der Waals surface area (Å²) in [5.41, 5.74) is 3.85. The van der Waals surface area contributed by atoms with Gasteiger partial charge in [0.05, 0.1) is 13.2 Å². The van der Waals surface area contributed by atoms with Crippen molar-refractivity contribution in [2.45, 2.75) is 17.6 Å². The molecule has 1 heterocycles. The lowest BCUT2D eigenvalue weighted by molar-refractivity contribution is 0.0918. The molecular weight excluding hydrogens is 452 g/mol. The fourth-order valence-electron chi connectivity index (χ4n) is 3.35. The highest BCUT2D eigenvalue weighted by atomic mass is 33.1. The third kappa shape index (κ3) is 7.03. The number of amides is 1. The molecule has 0 saturated heterocycles. The van der Waals surface area contributed by atoms with Crippen molar-refractivity contribution in [1.29, 1.82) is 0 Å². The van der Waals surface area contributed by atoms with Gasteiger partial charge in [-0.15, -0.1) is 0 Å². The minimum Gasteiger partial charge on any atom is -0.441 e. The molecule has 2 aromatic carbocycles. The normalized spacial score (nSPS) is 14.0. The van der Waals surface area contributed by atoms with Crippen LogP contribution in [0.25, 0.3) is 0 Å². The van der Waals surface area contributed by atoms with E-state index in [2.05, 4.69) is 22.1 Å². The maximum absolute atomic E-state index is 12.5. The standard InChI is InChI=1S/C26H24N2O3S2/c29-26(28-15-16-30-17-18-32-33-25-11-5-6-14-27-25)31-24-19-22-9-2-1-7-20(22)12-13-21-8-3-4-10-23(21)24/h1-11,14,24H,15-19H2,(H,28,29). The first kappa shape index (κ1) is 23.2. The summed E-state index contributed by atoms with van der Waals surface area (Å²) in [4.78, 5) is 16.7. The van der Waals surface area contributed by atoms with Gasteiger partial charge in [-0.2, -0.15) is 0 Å². The summed E-state index contributed by atoms with van der Waals surface area (Å²) < 4.78 is 11.4. The maximum Gasteiger partial charge on any atom is 0.407 e. The second-order valence-corrected chi connectivity index (χ2v) is 9.64. The molecular formula is C26H24N2O3S2. The van der Waals surface area contributed by atoms with Gasteiger partial charge in [0.2, 0.25) is 0 Å². The number of carbonyl (C=O) groups is 1. The van der Waals surface area contributed by atoms with E-state index in [1.54, 1.807) is 27.8 Å². The number of carbonyl (C=O) groups excluding carboxylic acids is 1. The van der Waals surface area contributed by atoms with Crippen LogP contribution in [0.4, 0.5) is 4.79 Å². The summed E-state index contributed by atoms with van der Waals surface area (Å²) in [6.45, 7) is 1.42. The molecule has 3 aromatic rings. The number of benzene rings is 2. The molecule has 1 amide bonds. The SMILES string of the molecule is O=C(NCCOCCSSc1ccccn1)OC1Cc2ccccc2C#Cc2ccccc21. The molecule has 0 saturated carbocycles. The summed E-state index contributed by atoms with van der Waals surface area (Å²) in [6.07, 6.45) is 1.50. The Kier molecular flexibility index (Phi) is 8.70. The molecule has 5 nitrogen and oxygen atoms in total. The Morgan fingerprint density at radius 2 is 1.79 bits per heavy atom. The molecule has 1 N–H and O–H groups in total. The average molecular weight is 477 g/mol. The highest BCUT2D eigenvalue weighted by Crippen LogP contribution is 2.29. The Balaban J connectivity index is 1.22. The van der Waals surface area contributed by atoms with Crippen LogP contribution < -0.4 is 5.32 Å². The molecule has 1 unspecified atom stereocenters. The molecule has 0 radical (unpaired) electrons. The van der Waals surface area contributed by atoms with Crippen molar-refractivity contribution < 1.29 is 14.3 Å². The quantitative estimate of drug-likeness (QED) is 0.258. The zero-order valence-electron chi connectivity index (χ0n) is 18.0. The lowest BCUT2D eigenvalue weighted by Gasteiger charge is -2.22. The Labute approximate surface area is 202 Å². The third-order valence-corrected chi connectivity index (χ3v) is 7.15. The van der Waals surface area contributed by atoms with Gasteiger partial charge in [0, 0.05) is 41.6 Å². The fourth-order valence-corrected chi connectivity index (χ4v) is 5.09. The number of ether oxygens (including phenoxy) is 2. The third-order valence-electron chi connectivity index (χ3n) is 4.92. The molecule has 168 valence electrons. The zero-order valence-corrected chi connectivity index (χ0v) is 19.7. The summed E-state index contributed by atoms with van der Waals surface area (Å²) in [7, 11) is 3.32. The minimum atomic E-state index is -0.454. The van der Waals surface area contributed by atoms with Crippen molar-refractivity contribution in [3.63, 3.8) is 0 Å². The lowest BCUT2D eigenvalue weighted by Crippen LogP contribution is -2.30. The smallest absolute Gasteiger partial charge is 0.407 e. The topological polar surface area (TPSA) is 60.5 Å². The van der Waals surface area contributed by atoms with Crippen molar-refractivity contribution in [3.05, 3.63) is 95.2 Å². The zero-order chi connectivity index (χ0) is 22.7. The van der Waals surface area contributed by atoms with Crippen molar-refractivity contribution in [2.24, 2.45) is 0 Å². The minimum absolute atomic E-state index is 0.391. The number of pyridine rings is 1. The van der Waals surface area contributed by atoms with Gasteiger partial charge in [-0.25, -0.2) is 9.78 Å². The summed E-state index contributed by atoms with van der Waals surface area (Å²) in [5.74, 6) is 7.30. The number of nitrogens with zero attached hydrogens (tertiary/aromatic N) is 1. The van der Waals surface area contributed by atoms with Crippen molar-refractivity contribution in [1.82, 2.24) is 10.3 Å². The van der Waals surface area contributed by atoms with Gasteiger partial charge in [-0.3, -0.25) is 0 Å². The van der Waals surface area contributed by atoms with Crippen LogP contribution in [0.2, 0.25) is 0 Å². The van der Waals surface area contributed by atoms with Crippen LogP contribution in [0.5, 0.6) is 0 Å². The molecule has 1 atom stereocenters. The first-order valence-corrected chi connectivity index (χ1v) is 13.0. The van der Waals surface area contributed by atoms with Crippen molar-refractivity contribution in [2.75, 3.05) is 25.5 Å². The summed E-state index contributed by atoms with van der Waals surface area (Å²) >= 11 is 0. The Bertz CT molecular complexity index is 1130. The van der Waals surface area contributed by atoms with E-state index in [-0.39, 0.29) is 0 Å². The second kappa shape index (κ2) is 12.4. The Morgan fingerprint density at radius 1 is 1.00 bits per heavy atom. The predicted octanol–water partition coefficient (Wildman–Crippen LogP) is 5.26. The number of rotatable bonds is 9. The number of alkyl carbamates (subject to hydrolysis) is 1. The molecule has 0 aliphatic heterocycles. The Morgan fingerprint density at radius 3 is 2.67 bits per heavy atom. The van der Waals surface area contributed by atoms with E-state index < -0.39 is 12.2 Å². The van der Waals surface area contributed by atoms with Gasteiger partial charge in [0.25, 0.3) is 0 Å². The van der Waals surface area contributed by atoms with Crippen LogP contribution in [-0.4, -0.2) is 36.6 Å². The lowest BCUT2D eigenvalue weighted by atomic mass is 9.92. The number of fused-ring (bicyclic) bond motifs is 2. The number of hydrogen-bond donors (Lipinski definition) is 1. The van der Waals surface area contributed by atoms with E-state index in [9.17, 15) is 4.79 Å². The first-order valence-electron chi connectivity index (χ1n) is 10.7. The molecule has 0 fully saturated rings. The summed E-state index contributed by atoms with van der Waals surface area (Å²) in [5, 5.41) is 3.78. The molecule has 4 rings (SSSR count). The molecule has 7 heteroatoms. The molecule has 0 spiro atoms. The van der Waals surface area contributed by atoms with Crippen LogP contribution in [0.3, 0.4) is 0 Å². The molecule has 33 heavy (non-hydrogen) atoms. The van der Waals surface area contributed by atoms with Gasteiger partial charge in [0.15, 0.2) is 0 Å². The van der Waals surface area contributed by atoms with E-state index >= 15 is 0 Å². The van der Waals surface area contributed by atoms with Crippen LogP contribution in [0, 0.1) is 11.8 Å². The highest BCUT2D eigenvalue weighted by molar-refractivity contribution is 8.76. The van der Waals surface area contributed by atoms with Gasteiger partial charge in [-0.1, -0.05) is 65.1 Å². The van der Waals surface area contributed by atoms with Crippen LogP contribution in [0.15, 0.2) is 78.0 Å². The second-order valence-electron chi connectivity index (χ2n) is 7.20. The number of hydrogen-bond acceptors (Lipinski definition) is 6. The highest BCUT2D eigenvalue weighted by Gasteiger charge is 2.22. The van der Waals surface area contributed by atoms with Crippen LogP contribution in [-0.2, 0) is 15.9 Å². The summed E-state index contributed by atoms with van der Waals surface area (Å²) in [6, 6.07) is 21.7. The van der Waals surface area contributed by atoms with Gasteiger partial charge >= 0.3 is 6.09 Å². The first-order chi connectivity index (χ1) is 16.3. The van der Waals surface area contributed by atoms with Gasteiger partial charge in [0.1, 0.15) is 11.1 Å². The van der Waals surface area contributed by atoms with E-state index in [0.29, 0.717) is 26.2 Å². The monoisotopic (exact) mass is 476 g/mol. The van der Waals surface area contributed by atoms with E-state index in [4.69, 9.17) is 9.47 Å². The Hall–Kier alpha value is -2.92. The largest absolute Gasteiger partial charge is 0.441 e. The van der Waals surface area contributed by atoms with E-state index in [1.807, 2.05) is 66.7 Å². The molecule has 1 aromatic heterocycles. The van der Waals surface area contributed by atoms with Crippen LogP contribution in [0.1, 0.15) is 28.4 Å².